The predicted octanol–water partition coefficient (Wildman–Crippen LogP) is 5.25. The molecule has 1 N–H and O–H groups in total. The SMILES string of the molecule is CCC(C)(C)C1CCC(NCC2C(C)(C)C2(C)C)CC1. The van der Waals surface area contributed by atoms with Crippen molar-refractivity contribution in [3.8, 4) is 0 Å². The van der Waals surface area contributed by atoms with Gasteiger partial charge in [-0.2, -0.15) is 0 Å². The van der Waals surface area contributed by atoms with Crippen LogP contribution in [0.4, 0.5) is 0 Å². The monoisotopic (exact) mass is 279 g/mol. The maximum absolute atomic E-state index is 3.88. The summed E-state index contributed by atoms with van der Waals surface area (Å²) in [7, 11) is 0. The van der Waals surface area contributed by atoms with Crippen LogP contribution in [0.5, 0.6) is 0 Å². The zero-order valence-corrected chi connectivity index (χ0v) is 15.0. The normalized spacial score (nSPS) is 33.1. The summed E-state index contributed by atoms with van der Waals surface area (Å²) in [6.07, 6.45) is 6.95. The Morgan fingerprint density at radius 3 is 1.85 bits per heavy atom. The van der Waals surface area contributed by atoms with Crippen LogP contribution in [0.2, 0.25) is 0 Å². The van der Waals surface area contributed by atoms with Crippen LogP contribution in [0.3, 0.4) is 0 Å². The molecule has 0 saturated heterocycles. The van der Waals surface area contributed by atoms with Crippen molar-refractivity contribution in [3.05, 3.63) is 0 Å². The molecule has 118 valence electrons. The zero-order chi connectivity index (χ0) is 15.2. The van der Waals surface area contributed by atoms with E-state index < -0.39 is 0 Å². The molecule has 2 saturated carbocycles. The Bertz CT molecular complexity index is 318. The Labute approximate surface area is 127 Å². The largest absolute Gasteiger partial charge is 0.314 e. The minimum Gasteiger partial charge on any atom is -0.314 e. The predicted molar refractivity (Wildman–Crippen MR) is 88.9 cm³/mol. The van der Waals surface area contributed by atoms with E-state index in [2.05, 4.69) is 53.8 Å². The minimum absolute atomic E-state index is 0.529. The minimum atomic E-state index is 0.529. The van der Waals surface area contributed by atoms with Crippen molar-refractivity contribution in [2.45, 2.75) is 86.6 Å². The molecule has 2 rings (SSSR count). The van der Waals surface area contributed by atoms with E-state index in [0.29, 0.717) is 16.2 Å². The quantitative estimate of drug-likeness (QED) is 0.724. The summed E-state index contributed by atoms with van der Waals surface area (Å²) in [6.45, 7) is 18.2. The molecule has 0 radical (unpaired) electrons. The van der Waals surface area contributed by atoms with Crippen LogP contribution in [0.1, 0.15) is 80.6 Å². The lowest BCUT2D eigenvalue weighted by atomic mass is 9.69. The molecule has 0 aliphatic heterocycles. The summed E-state index contributed by atoms with van der Waals surface area (Å²) in [5, 5.41) is 3.88. The van der Waals surface area contributed by atoms with Gasteiger partial charge in [0.15, 0.2) is 0 Å². The standard InChI is InChI=1S/C19H37N/c1-8-17(2,3)14-9-11-15(12-10-14)20-13-16-18(4,5)19(16,6)7/h14-16,20H,8-13H2,1-7H3. The van der Waals surface area contributed by atoms with Crippen LogP contribution in [-0.2, 0) is 0 Å². The van der Waals surface area contributed by atoms with E-state index in [0.717, 1.165) is 17.9 Å². The van der Waals surface area contributed by atoms with E-state index in [1.807, 2.05) is 0 Å². The molecule has 0 aromatic rings. The van der Waals surface area contributed by atoms with Gasteiger partial charge in [-0.3, -0.25) is 0 Å². The second-order valence-electron chi connectivity index (χ2n) is 9.29. The number of rotatable bonds is 5. The Hall–Kier alpha value is -0.0400. The van der Waals surface area contributed by atoms with Gasteiger partial charge in [-0.05, 0) is 60.3 Å². The summed E-state index contributed by atoms with van der Waals surface area (Å²) in [5.74, 6) is 1.80. The first-order valence-electron chi connectivity index (χ1n) is 8.86. The molecule has 20 heavy (non-hydrogen) atoms. The van der Waals surface area contributed by atoms with Crippen LogP contribution in [0, 0.1) is 28.1 Å². The fraction of sp³-hybridized carbons (Fsp3) is 1.00. The highest BCUT2D eigenvalue weighted by atomic mass is 14.9. The van der Waals surface area contributed by atoms with Crippen LogP contribution in [0.15, 0.2) is 0 Å². The fourth-order valence-electron chi connectivity index (χ4n) is 4.50. The molecule has 0 aromatic carbocycles. The van der Waals surface area contributed by atoms with E-state index in [1.165, 1.54) is 38.6 Å². The highest BCUT2D eigenvalue weighted by Crippen LogP contribution is 2.68. The maximum Gasteiger partial charge on any atom is 0.00673 e. The lowest BCUT2D eigenvalue weighted by molar-refractivity contribution is 0.136. The van der Waals surface area contributed by atoms with E-state index in [9.17, 15) is 0 Å². The highest BCUT2D eigenvalue weighted by molar-refractivity contribution is 5.13. The second kappa shape index (κ2) is 5.30. The van der Waals surface area contributed by atoms with Gasteiger partial charge in [-0.15, -0.1) is 0 Å². The molecule has 0 unspecified atom stereocenters. The summed E-state index contributed by atoms with van der Waals surface area (Å²) in [5.41, 5.74) is 1.61. The second-order valence-corrected chi connectivity index (χ2v) is 9.29. The van der Waals surface area contributed by atoms with Gasteiger partial charge in [0.2, 0.25) is 0 Å². The Balaban J connectivity index is 1.74. The third-order valence-electron chi connectivity index (χ3n) is 7.67. The van der Waals surface area contributed by atoms with E-state index in [1.54, 1.807) is 0 Å². The van der Waals surface area contributed by atoms with E-state index in [-0.39, 0.29) is 0 Å². The van der Waals surface area contributed by atoms with Gasteiger partial charge < -0.3 is 5.32 Å². The van der Waals surface area contributed by atoms with Gasteiger partial charge in [-0.25, -0.2) is 0 Å². The molecule has 0 aromatic heterocycles. The molecule has 0 heterocycles. The summed E-state index contributed by atoms with van der Waals surface area (Å²) in [4.78, 5) is 0. The van der Waals surface area contributed by atoms with Crippen molar-refractivity contribution < 1.29 is 0 Å². The van der Waals surface area contributed by atoms with Crippen LogP contribution < -0.4 is 5.32 Å². The van der Waals surface area contributed by atoms with Crippen molar-refractivity contribution in [2.24, 2.45) is 28.1 Å². The van der Waals surface area contributed by atoms with Crippen molar-refractivity contribution >= 4 is 0 Å². The van der Waals surface area contributed by atoms with Gasteiger partial charge in [-0.1, -0.05) is 54.9 Å². The van der Waals surface area contributed by atoms with Crippen LogP contribution >= 0.6 is 0 Å². The zero-order valence-electron chi connectivity index (χ0n) is 15.0. The molecule has 0 bridgehead atoms. The summed E-state index contributed by atoms with van der Waals surface area (Å²) >= 11 is 0. The average molecular weight is 280 g/mol. The van der Waals surface area contributed by atoms with Crippen LogP contribution in [-0.4, -0.2) is 12.6 Å². The summed E-state index contributed by atoms with van der Waals surface area (Å²) in [6, 6.07) is 0.783. The number of hydrogen-bond donors (Lipinski definition) is 1. The lowest BCUT2D eigenvalue weighted by Crippen LogP contribution is -2.38. The molecular formula is C19H37N. The van der Waals surface area contributed by atoms with Gasteiger partial charge in [0.25, 0.3) is 0 Å². The Morgan fingerprint density at radius 1 is 0.950 bits per heavy atom. The van der Waals surface area contributed by atoms with Gasteiger partial charge in [0.1, 0.15) is 0 Å². The van der Waals surface area contributed by atoms with Gasteiger partial charge in [0, 0.05) is 6.04 Å². The van der Waals surface area contributed by atoms with Gasteiger partial charge in [0.05, 0.1) is 0 Å². The van der Waals surface area contributed by atoms with Crippen LogP contribution in [0.25, 0.3) is 0 Å². The molecule has 0 amide bonds. The summed E-state index contributed by atoms with van der Waals surface area (Å²) < 4.78 is 0. The molecule has 2 aliphatic carbocycles. The molecular weight excluding hydrogens is 242 g/mol. The van der Waals surface area contributed by atoms with Crippen molar-refractivity contribution in [3.63, 3.8) is 0 Å². The topological polar surface area (TPSA) is 12.0 Å². The highest BCUT2D eigenvalue weighted by Gasteiger charge is 2.63. The van der Waals surface area contributed by atoms with Crippen molar-refractivity contribution in [1.29, 1.82) is 0 Å². The molecule has 1 heteroatoms. The molecule has 2 fully saturated rings. The average Bonchev–Trinajstić information content (AvgIpc) is 2.78. The fourth-order valence-corrected chi connectivity index (χ4v) is 4.50. The first kappa shape index (κ1) is 16.3. The molecule has 2 aliphatic rings. The number of nitrogens with one attached hydrogen (secondary N) is 1. The van der Waals surface area contributed by atoms with E-state index >= 15 is 0 Å². The smallest absolute Gasteiger partial charge is 0.00673 e. The Kier molecular flexibility index (Phi) is 4.33. The third-order valence-corrected chi connectivity index (χ3v) is 7.67. The first-order valence-corrected chi connectivity index (χ1v) is 8.86. The maximum atomic E-state index is 3.88. The third kappa shape index (κ3) is 2.80. The molecule has 0 atom stereocenters. The van der Waals surface area contributed by atoms with Crippen molar-refractivity contribution in [1.82, 2.24) is 5.32 Å². The lowest BCUT2D eigenvalue weighted by Gasteiger charge is -2.39. The number of hydrogen-bond acceptors (Lipinski definition) is 1. The van der Waals surface area contributed by atoms with Gasteiger partial charge >= 0.3 is 0 Å². The Morgan fingerprint density at radius 2 is 1.45 bits per heavy atom. The first-order chi connectivity index (χ1) is 9.13. The molecule has 0 spiro atoms. The molecule has 1 nitrogen and oxygen atoms in total. The van der Waals surface area contributed by atoms with E-state index in [4.69, 9.17) is 0 Å². The van der Waals surface area contributed by atoms with Crippen molar-refractivity contribution in [2.75, 3.05) is 6.54 Å².